The Bertz CT molecular complexity index is 1350. The summed E-state index contributed by atoms with van der Waals surface area (Å²) in [7, 11) is 0. The van der Waals surface area contributed by atoms with E-state index in [2.05, 4.69) is 107 Å². The van der Waals surface area contributed by atoms with Crippen LogP contribution in [-0.2, 0) is 48.0 Å². The molecule has 1 radical (unpaired) electrons. The molecule has 0 amide bonds. The van der Waals surface area contributed by atoms with E-state index in [1.54, 1.807) is 0 Å². The van der Waals surface area contributed by atoms with Gasteiger partial charge in [0.25, 0.3) is 0 Å². The number of hydrogen-bond acceptors (Lipinski definition) is 8. The molecule has 0 saturated heterocycles. The van der Waals surface area contributed by atoms with E-state index in [1.165, 1.54) is 11.1 Å². The summed E-state index contributed by atoms with van der Waals surface area (Å²) >= 11 is 0. The number of benzene rings is 2. The summed E-state index contributed by atoms with van der Waals surface area (Å²) in [6.07, 6.45) is 7.90. The smallest absolute Gasteiger partial charge is 0.550 e. The summed E-state index contributed by atoms with van der Waals surface area (Å²) in [5.74, 6) is -1.53. The molecule has 2 aromatic carbocycles. The van der Waals surface area contributed by atoms with E-state index in [9.17, 15) is 10.2 Å². The zero-order chi connectivity index (χ0) is 37.4. The number of aliphatic imine (C=N–C) groups is 2. The fourth-order valence-corrected chi connectivity index (χ4v) is 5.31. The second kappa shape index (κ2) is 18.2. The summed E-state index contributed by atoms with van der Waals surface area (Å²) in [5, 5.41) is 40.2. The Labute approximate surface area is 305 Å². The molecule has 0 bridgehead atoms. The van der Waals surface area contributed by atoms with Crippen molar-refractivity contribution in [3.05, 3.63) is 57.6 Å². The third kappa shape index (κ3) is 15.1. The first kappa shape index (κ1) is 45.8. The van der Waals surface area contributed by atoms with Crippen LogP contribution in [0.3, 0.4) is 0 Å². The number of carbonyl (C=O) groups excluding carboxylic acids is 2. The van der Waals surface area contributed by atoms with Crippen molar-refractivity contribution in [2.24, 2.45) is 9.98 Å². The molecule has 3 rings (SSSR count). The van der Waals surface area contributed by atoms with Gasteiger partial charge in [0.05, 0.1) is 12.1 Å². The second-order valence-electron chi connectivity index (χ2n) is 16.9. The van der Waals surface area contributed by atoms with Crippen LogP contribution in [0.25, 0.3) is 0 Å². The zero-order valence-electron chi connectivity index (χ0n) is 32.2. The SMILES string of the molecule is CC(=O)[O-].CC(=O)[O-].CC(C)(C)c1cc(C=N[C@H]2CCCC[C@@H]2N=Cc2cc(C(C)(C)C)cc(C(C)(C)C)c2O)c(O)c(C(C)(C)C)c1.[Co+2]. The van der Waals surface area contributed by atoms with Gasteiger partial charge in [0, 0.05) is 46.6 Å². The molecule has 1 aliphatic carbocycles. The molecule has 49 heavy (non-hydrogen) atoms. The standard InChI is InChI=1S/C36H54N2O2.2C2H4O2.Co/c1-33(2,3)25-17-23(31(39)27(19-25)35(7,8)9)21-37-29-15-13-14-16-30(29)38-22-24-18-26(34(4,5)6)20-28(32(24)40)36(10,11)12;2*1-2(3)4;/h17-22,29-30,39-40H,13-16H2,1-12H3;2*1H3,(H,3,4);/q;;;+2/p-2/t29-,30-;;;/m0.../s1. The van der Waals surface area contributed by atoms with Crippen LogP contribution in [0.15, 0.2) is 34.3 Å². The van der Waals surface area contributed by atoms with Crippen LogP contribution in [0.1, 0.15) is 156 Å². The molecule has 2 N–H and O–H groups in total. The van der Waals surface area contributed by atoms with E-state index in [4.69, 9.17) is 29.8 Å². The Hall–Kier alpha value is -3.17. The van der Waals surface area contributed by atoms with E-state index < -0.39 is 11.9 Å². The van der Waals surface area contributed by atoms with Gasteiger partial charge < -0.3 is 30.0 Å². The minimum absolute atomic E-state index is 0. The van der Waals surface area contributed by atoms with Crippen molar-refractivity contribution in [2.45, 2.75) is 156 Å². The molecule has 0 heterocycles. The average Bonchev–Trinajstić information content (AvgIpc) is 2.89. The molecule has 1 aliphatic rings. The van der Waals surface area contributed by atoms with E-state index in [0.29, 0.717) is 11.5 Å². The van der Waals surface area contributed by atoms with Crippen molar-refractivity contribution >= 4 is 24.4 Å². The molecule has 0 aromatic heterocycles. The zero-order valence-corrected chi connectivity index (χ0v) is 33.2. The number of aliphatic carboxylic acids is 2. The Kier molecular flexibility index (Phi) is 17.0. The van der Waals surface area contributed by atoms with Gasteiger partial charge in [-0.3, -0.25) is 9.98 Å². The van der Waals surface area contributed by atoms with Crippen LogP contribution >= 0.6 is 0 Å². The molecule has 1 fully saturated rings. The number of nitrogens with zero attached hydrogens (tertiary/aromatic N) is 2. The third-order valence-corrected chi connectivity index (χ3v) is 8.13. The van der Waals surface area contributed by atoms with Gasteiger partial charge in [0.2, 0.25) is 0 Å². The minimum atomic E-state index is -1.08. The molecule has 0 aliphatic heterocycles. The van der Waals surface area contributed by atoms with Gasteiger partial charge in [-0.1, -0.05) is 108 Å². The van der Waals surface area contributed by atoms with Crippen molar-refractivity contribution in [1.82, 2.24) is 0 Å². The maximum Gasteiger partial charge on any atom is 2.00 e. The number of carbonyl (C=O) groups is 2. The van der Waals surface area contributed by atoms with Gasteiger partial charge in [-0.2, -0.15) is 0 Å². The summed E-state index contributed by atoms with van der Waals surface area (Å²) in [6.45, 7) is 28.0. The van der Waals surface area contributed by atoms with Gasteiger partial charge >= 0.3 is 16.8 Å². The topological polar surface area (TPSA) is 145 Å². The number of rotatable bonds is 4. The van der Waals surface area contributed by atoms with Crippen LogP contribution in [0.4, 0.5) is 0 Å². The number of phenolic OH excluding ortho intramolecular Hbond substituents is 2. The average molecular weight is 724 g/mol. The Morgan fingerprint density at radius 1 is 0.612 bits per heavy atom. The molecule has 275 valence electrons. The predicted molar refractivity (Wildman–Crippen MR) is 194 cm³/mol. The van der Waals surface area contributed by atoms with E-state index in [1.807, 2.05) is 12.4 Å². The van der Waals surface area contributed by atoms with Crippen molar-refractivity contribution in [2.75, 3.05) is 0 Å². The van der Waals surface area contributed by atoms with Gasteiger partial charge in [-0.05, 0) is 71.6 Å². The monoisotopic (exact) mass is 723 g/mol. The third-order valence-electron chi connectivity index (χ3n) is 8.13. The fraction of sp³-hybridized carbons (Fsp3) is 0.600. The number of phenols is 2. The van der Waals surface area contributed by atoms with E-state index in [0.717, 1.165) is 61.8 Å². The Morgan fingerprint density at radius 3 is 1.10 bits per heavy atom. The molecule has 2 aromatic rings. The van der Waals surface area contributed by atoms with Gasteiger partial charge in [-0.25, -0.2) is 0 Å². The predicted octanol–water partition coefficient (Wildman–Crippen LogP) is 6.65. The van der Waals surface area contributed by atoms with Gasteiger partial charge in [0.1, 0.15) is 11.5 Å². The normalized spacial score (nSPS) is 17.0. The maximum atomic E-state index is 11.2. The van der Waals surface area contributed by atoms with E-state index in [-0.39, 0.29) is 50.5 Å². The molecule has 0 unspecified atom stereocenters. The maximum absolute atomic E-state index is 11.2. The molecular formula is C40H60CoN2O6. The van der Waals surface area contributed by atoms with Crippen LogP contribution < -0.4 is 10.2 Å². The van der Waals surface area contributed by atoms with Crippen molar-refractivity contribution < 1.29 is 46.8 Å². The molecule has 2 atom stereocenters. The molecule has 0 spiro atoms. The van der Waals surface area contributed by atoms with Crippen LogP contribution in [0.5, 0.6) is 11.5 Å². The second-order valence-corrected chi connectivity index (χ2v) is 16.9. The van der Waals surface area contributed by atoms with Gasteiger partial charge in [-0.15, -0.1) is 0 Å². The number of carboxylic acids is 2. The first-order chi connectivity index (χ1) is 21.7. The fourth-order valence-electron chi connectivity index (χ4n) is 5.31. The van der Waals surface area contributed by atoms with Crippen molar-refractivity contribution in [1.29, 1.82) is 0 Å². The largest absolute Gasteiger partial charge is 2.00 e. The molecule has 9 heteroatoms. The number of hydrogen-bond donors (Lipinski definition) is 2. The van der Waals surface area contributed by atoms with Gasteiger partial charge in [0.15, 0.2) is 0 Å². The minimum Gasteiger partial charge on any atom is -0.550 e. The Morgan fingerprint density at radius 2 is 0.878 bits per heavy atom. The first-order valence-corrected chi connectivity index (χ1v) is 16.8. The summed E-state index contributed by atoms with van der Waals surface area (Å²) in [5.41, 5.74) is 5.39. The molecule has 1 saturated carbocycles. The Balaban J connectivity index is 0.00000230. The quantitative estimate of drug-likeness (QED) is 0.338. The van der Waals surface area contributed by atoms with Crippen LogP contribution in [0, 0.1) is 0 Å². The van der Waals surface area contributed by atoms with E-state index >= 15 is 0 Å². The van der Waals surface area contributed by atoms with Crippen LogP contribution in [0.2, 0.25) is 0 Å². The molecule has 8 nitrogen and oxygen atoms in total. The van der Waals surface area contributed by atoms with Crippen molar-refractivity contribution in [3.63, 3.8) is 0 Å². The van der Waals surface area contributed by atoms with Crippen molar-refractivity contribution in [3.8, 4) is 11.5 Å². The first-order valence-electron chi connectivity index (χ1n) is 16.8. The van der Waals surface area contributed by atoms with Crippen LogP contribution in [-0.4, -0.2) is 46.7 Å². The summed E-state index contributed by atoms with van der Waals surface area (Å²) in [4.78, 5) is 27.8. The summed E-state index contributed by atoms with van der Waals surface area (Å²) < 4.78 is 0. The number of aromatic hydroxyl groups is 2. The summed E-state index contributed by atoms with van der Waals surface area (Å²) in [6, 6.07) is 8.53. The number of carboxylic acid groups (broad SMARTS) is 2. The molecular weight excluding hydrogens is 663 g/mol.